The fraction of sp³-hybridized carbons (Fsp3) is 0.462. The maximum absolute atomic E-state index is 3.83. The molecule has 2 heteroatoms. The molecule has 2 radical (unpaired) electrons. The van der Waals surface area contributed by atoms with Gasteiger partial charge in [0, 0.05) is 65.4 Å². The summed E-state index contributed by atoms with van der Waals surface area (Å²) in [6.07, 6.45) is 15.1. The summed E-state index contributed by atoms with van der Waals surface area (Å²) in [4.78, 5) is 0. The summed E-state index contributed by atoms with van der Waals surface area (Å²) in [7, 11) is 0. The van der Waals surface area contributed by atoms with Gasteiger partial charge in [-0.3, -0.25) is 0 Å². The Labute approximate surface area is 146 Å². The van der Waals surface area contributed by atoms with Crippen LogP contribution in [0.4, 0.5) is 0 Å². The van der Waals surface area contributed by atoms with Crippen molar-refractivity contribution in [1.29, 1.82) is 0 Å². The van der Waals surface area contributed by atoms with Crippen LogP contribution in [0.2, 0.25) is 0 Å². The molecule has 0 aliphatic carbocycles. The van der Waals surface area contributed by atoms with Gasteiger partial charge in [0.05, 0.1) is 0 Å². The molecule has 0 fully saturated rings. The van der Waals surface area contributed by atoms with Crippen LogP contribution >= 0.6 is 0 Å². The minimum Gasteiger partial charge on any atom is -0.245 e. The third-order valence-electron chi connectivity index (χ3n) is 2.05. The average Bonchev–Trinajstić information content (AvgIpc) is 2.17. The normalized spacial score (nSPS) is 12.1. The van der Waals surface area contributed by atoms with Gasteiger partial charge in [0.2, 0.25) is 0 Å². The van der Waals surface area contributed by atoms with E-state index in [1.165, 1.54) is 6.42 Å². The summed E-state index contributed by atoms with van der Waals surface area (Å²) >= 11 is 0. The Morgan fingerprint density at radius 3 is 2.33 bits per heavy atom. The van der Waals surface area contributed by atoms with E-state index >= 15 is 0 Å². The third-order valence-corrected chi connectivity index (χ3v) is 2.05. The molecule has 0 bridgehead atoms. The Hall–Kier alpha value is 1.30. The van der Waals surface area contributed by atoms with Crippen LogP contribution in [-0.4, -0.2) is 0 Å². The second-order valence-electron chi connectivity index (χ2n) is 3.16. The van der Waals surface area contributed by atoms with E-state index in [0.717, 1.165) is 19.3 Å². The van der Waals surface area contributed by atoms with Gasteiger partial charge in [0.25, 0.3) is 0 Å². The van der Waals surface area contributed by atoms with E-state index in [0.29, 0.717) is 5.92 Å². The second kappa shape index (κ2) is 17.7. The van der Waals surface area contributed by atoms with Crippen LogP contribution < -0.4 is 0 Å². The predicted molar refractivity (Wildman–Crippen MR) is 61.5 cm³/mol. The van der Waals surface area contributed by atoms with E-state index in [-0.39, 0.29) is 65.4 Å². The summed E-state index contributed by atoms with van der Waals surface area (Å²) in [5.41, 5.74) is 0. The van der Waals surface area contributed by atoms with Gasteiger partial charge in [0.15, 0.2) is 0 Å². The fourth-order valence-electron chi connectivity index (χ4n) is 1.20. The van der Waals surface area contributed by atoms with Gasteiger partial charge >= 0.3 is 0 Å². The van der Waals surface area contributed by atoms with Crippen molar-refractivity contribution in [2.45, 2.75) is 32.6 Å². The largest absolute Gasteiger partial charge is 0.245 e. The first-order valence-electron chi connectivity index (χ1n) is 5.06. The summed E-state index contributed by atoms with van der Waals surface area (Å²) in [5.74, 6) is 0.611. The van der Waals surface area contributed by atoms with Crippen LogP contribution in [0.25, 0.3) is 0 Å². The minimum atomic E-state index is 0. The SMILES string of the molecule is C=CC(C/C=C/[CH2-])CC/C=C\CC.[Y].[Y]. The first kappa shape index (κ1) is 21.6. The molecule has 0 N–H and O–H groups in total. The fourth-order valence-corrected chi connectivity index (χ4v) is 1.20. The number of rotatable bonds is 7. The summed E-state index contributed by atoms with van der Waals surface area (Å²) < 4.78 is 0. The molecular weight excluding hydrogens is 334 g/mol. The molecule has 0 aliphatic heterocycles. The molecule has 1 unspecified atom stereocenters. The summed E-state index contributed by atoms with van der Waals surface area (Å²) in [5, 5.41) is 0. The first-order valence-corrected chi connectivity index (χ1v) is 5.06. The zero-order chi connectivity index (χ0) is 9.94. The Kier molecular flexibility index (Phi) is 25.4. The van der Waals surface area contributed by atoms with Crippen LogP contribution in [0.3, 0.4) is 0 Å². The van der Waals surface area contributed by atoms with E-state index < -0.39 is 0 Å². The zero-order valence-corrected chi connectivity index (χ0v) is 15.5. The van der Waals surface area contributed by atoms with Crippen LogP contribution in [-0.2, 0) is 65.4 Å². The van der Waals surface area contributed by atoms with Crippen molar-refractivity contribution in [2.24, 2.45) is 5.92 Å². The molecule has 0 rings (SSSR count). The van der Waals surface area contributed by atoms with Gasteiger partial charge < -0.3 is 0 Å². The maximum atomic E-state index is 3.83. The summed E-state index contributed by atoms with van der Waals surface area (Å²) in [6, 6.07) is 0. The Morgan fingerprint density at radius 1 is 1.20 bits per heavy atom. The van der Waals surface area contributed by atoms with Crippen molar-refractivity contribution in [2.75, 3.05) is 0 Å². The second-order valence-corrected chi connectivity index (χ2v) is 3.16. The molecule has 0 nitrogen and oxygen atoms in total. The molecule has 80 valence electrons. The number of hydrogen-bond acceptors (Lipinski definition) is 0. The standard InChI is InChI=1S/C13H21.2Y/c1-4-7-9-10-12-13(6-3)11-8-5-2;;/h5-9,13H,2-4,10-12H2,1H3;;/q-1;;/b8-5+,9-7-;;. The molecule has 0 saturated carbocycles. The quantitative estimate of drug-likeness (QED) is 0.472. The smallest absolute Gasteiger partial charge is 0 e. The maximum Gasteiger partial charge on any atom is 0 e. The third kappa shape index (κ3) is 15.3. The van der Waals surface area contributed by atoms with Crippen LogP contribution in [0.1, 0.15) is 32.6 Å². The van der Waals surface area contributed by atoms with E-state index in [1.54, 1.807) is 0 Å². The van der Waals surface area contributed by atoms with E-state index in [9.17, 15) is 0 Å². The molecule has 0 heterocycles. The monoisotopic (exact) mass is 355 g/mol. The molecule has 0 spiro atoms. The molecule has 1 atom stereocenters. The topological polar surface area (TPSA) is 0 Å². The van der Waals surface area contributed by atoms with Gasteiger partial charge in [-0.15, -0.1) is 6.58 Å². The van der Waals surface area contributed by atoms with Crippen LogP contribution in [0.15, 0.2) is 37.0 Å². The zero-order valence-electron chi connectivity index (χ0n) is 9.86. The molecule has 0 aromatic carbocycles. The van der Waals surface area contributed by atoms with Gasteiger partial charge in [-0.1, -0.05) is 31.6 Å². The average molecular weight is 355 g/mol. The van der Waals surface area contributed by atoms with Crippen molar-refractivity contribution < 1.29 is 65.4 Å². The molecule has 0 saturated heterocycles. The van der Waals surface area contributed by atoms with Gasteiger partial charge in [0.1, 0.15) is 0 Å². The van der Waals surface area contributed by atoms with Crippen molar-refractivity contribution in [3.05, 3.63) is 43.9 Å². The van der Waals surface area contributed by atoms with Gasteiger partial charge in [-0.05, 0) is 25.2 Å². The van der Waals surface area contributed by atoms with Crippen LogP contribution in [0, 0.1) is 12.8 Å². The Bertz CT molecular complexity index is 171. The molecule has 0 aromatic rings. The molecule has 0 aliphatic rings. The van der Waals surface area contributed by atoms with Crippen molar-refractivity contribution in [1.82, 2.24) is 0 Å². The number of allylic oxidation sites excluding steroid dienone is 5. The Balaban J connectivity index is -0.000000720. The van der Waals surface area contributed by atoms with Crippen molar-refractivity contribution in [3.8, 4) is 0 Å². The van der Waals surface area contributed by atoms with Crippen molar-refractivity contribution >= 4 is 0 Å². The Morgan fingerprint density at radius 2 is 1.87 bits per heavy atom. The van der Waals surface area contributed by atoms with E-state index in [1.807, 2.05) is 12.2 Å². The first-order chi connectivity index (χ1) is 6.35. The molecular formula is C13H21Y2-. The van der Waals surface area contributed by atoms with E-state index in [4.69, 9.17) is 0 Å². The number of hydrogen-bond donors (Lipinski definition) is 0. The minimum absolute atomic E-state index is 0. The van der Waals surface area contributed by atoms with Gasteiger partial charge in [-0.25, -0.2) is 19.1 Å². The van der Waals surface area contributed by atoms with Crippen molar-refractivity contribution in [3.63, 3.8) is 0 Å². The molecule has 0 aromatic heterocycles. The summed E-state index contributed by atoms with van der Waals surface area (Å²) in [6.45, 7) is 9.67. The van der Waals surface area contributed by atoms with Gasteiger partial charge in [-0.2, -0.15) is 0 Å². The molecule has 0 amide bonds. The predicted octanol–water partition coefficient (Wildman–Crippen LogP) is 4.31. The van der Waals surface area contributed by atoms with E-state index in [2.05, 4.69) is 38.7 Å². The van der Waals surface area contributed by atoms with Crippen LogP contribution in [0.5, 0.6) is 0 Å². The molecule has 15 heavy (non-hydrogen) atoms.